The SMILES string of the molecule is Cc1nn2c(C(F)(F)F)cc(-c3ccc(OCc4c(Cl)cccc4Cl)cc3)nc2c1-c1ccccc1. The lowest BCUT2D eigenvalue weighted by molar-refractivity contribution is -0.142. The predicted octanol–water partition coefficient (Wildman–Crippen LogP) is 8.28. The van der Waals surface area contributed by atoms with Gasteiger partial charge in [-0.2, -0.15) is 18.3 Å². The Hall–Kier alpha value is -3.55. The van der Waals surface area contributed by atoms with E-state index < -0.39 is 11.9 Å². The maximum atomic E-state index is 14.0. The molecule has 0 fully saturated rings. The summed E-state index contributed by atoms with van der Waals surface area (Å²) in [6.07, 6.45) is -4.63. The second-order valence-corrected chi connectivity index (χ2v) is 8.91. The largest absolute Gasteiger partial charge is 0.489 e. The van der Waals surface area contributed by atoms with Gasteiger partial charge in [-0.3, -0.25) is 0 Å². The molecule has 0 saturated heterocycles. The van der Waals surface area contributed by atoms with Crippen LogP contribution in [0.5, 0.6) is 5.75 Å². The zero-order valence-corrected chi connectivity index (χ0v) is 20.4. The monoisotopic (exact) mass is 527 g/mol. The number of aromatic nitrogens is 3. The van der Waals surface area contributed by atoms with Gasteiger partial charge in [-0.15, -0.1) is 0 Å². The Labute approximate surface area is 214 Å². The van der Waals surface area contributed by atoms with Crippen molar-refractivity contribution in [2.24, 2.45) is 0 Å². The highest BCUT2D eigenvalue weighted by Crippen LogP contribution is 2.36. The van der Waals surface area contributed by atoms with Gasteiger partial charge in [0.1, 0.15) is 12.4 Å². The number of rotatable bonds is 5. The van der Waals surface area contributed by atoms with Crippen molar-refractivity contribution in [2.75, 3.05) is 0 Å². The quantitative estimate of drug-likeness (QED) is 0.231. The van der Waals surface area contributed by atoms with Gasteiger partial charge in [0.15, 0.2) is 11.3 Å². The van der Waals surface area contributed by atoms with Crippen LogP contribution in [0.25, 0.3) is 28.0 Å². The number of nitrogens with zero attached hydrogens (tertiary/aromatic N) is 3. The van der Waals surface area contributed by atoms with Crippen molar-refractivity contribution in [2.45, 2.75) is 19.7 Å². The van der Waals surface area contributed by atoms with Gasteiger partial charge >= 0.3 is 6.18 Å². The first-order chi connectivity index (χ1) is 17.2. The third-order valence-electron chi connectivity index (χ3n) is 5.71. The number of aryl methyl sites for hydroxylation is 1. The van der Waals surface area contributed by atoms with E-state index in [9.17, 15) is 13.2 Å². The summed E-state index contributed by atoms with van der Waals surface area (Å²) in [5, 5.41) is 5.14. The average Bonchev–Trinajstić information content (AvgIpc) is 3.19. The van der Waals surface area contributed by atoms with E-state index in [1.807, 2.05) is 30.3 Å². The second-order valence-electron chi connectivity index (χ2n) is 8.10. The van der Waals surface area contributed by atoms with Crippen LogP contribution in [0.4, 0.5) is 13.2 Å². The Morgan fingerprint density at radius 1 is 0.861 bits per heavy atom. The van der Waals surface area contributed by atoms with Gasteiger partial charge in [0.2, 0.25) is 0 Å². The molecule has 0 bridgehead atoms. The van der Waals surface area contributed by atoms with Crippen LogP contribution >= 0.6 is 23.2 Å². The fourth-order valence-corrected chi connectivity index (χ4v) is 4.47. The Morgan fingerprint density at radius 2 is 1.53 bits per heavy atom. The van der Waals surface area contributed by atoms with Gasteiger partial charge in [0, 0.05) is 26.7 Å². The van der Waals surface area contributed by atoms with Crippen LogP contribution in [0.2, 0.25) is 10.0 Å². The Kier molecular flexibility index (Phi) is 6.36. The zero-order valence-electron chi connectivity index (χ0n) is 18.9. The van der Waals surface area contributed by atoms with Crippen LogP contribution in [0.1, 0.15) is 17.0 Å². The lowest BCUT2D eigenvalue weighted by Gasteiger charge is -2.13. The molecule has 0 saturated carbocycles. The van der Waals surface area contributed by atoms with Crippen molar-refractivity contribution < 1.29 is 17.9 Å². The lowest BCUT2D eigenvalue weighted by Crippen LogP contribution is -2.13. The molecule has 0 radical (unpaired) electrons. The molecule has 5 rings (SSSR count). The number of hydrogen-bond acceptors (Lipinski definition) is 3. The summed E-state index contributed by atoms with van der Waals surface area (Å²) in [5.74, 6) is 0.511. The summed E-state index contributed by atoms with van der Waals surface area (Å²) in [6.45, 7) is 1.82. The maximum absolute atomic E-state index is 14.0. The molecule has 0 amide bonds. The molecule has 36 heavy (non-hydrogen) atoms. The fourth-order valence-electron chi connectivity index (χ4n) is 3.96. The zero-order chi connectivity index (χ0) is 25.4. The van der Waals surface area contributed by atoms with E-state index >= 15 is 0 Å². The van der Waals surface area contributed by atoms with E-state index in [0.717, 1.165) is 16.1 Å². The predicted molar refractivity (Wildman–Crippen MR) is 134 cm³/mol. The molecule has 5 aromatic rings. The van der Waals surface area contributed by atoms with Gasteiger partial charge in [-0.1, -0.05) is 59.6 Å². The highest BCUT2D eigenvalue weighted by atomic mass is 35.5. The molecule has 0 aliphatic heterocycles. The Bertz CT molecular complexity index is 1530. The highest BCUT2D eigenvalue weighted by molar-refractivity contribution is 6.35. The topological polar surface area (TPSA) is 39.4 Å². The molecule has 3 aromatic carbocycles. The van der Waals surface area contributed by atoms with Crippen molar-refractivity contribution in [1.29, 1.82) is 0 Å². The number of halogens is 5. The van der Waals surface area contributed by atoms with Crippen molar-refractivity contribution in [3.63, 3.8) is 0 Å². The first-order valence-electron chi connectivity index (χ1n) is 10.9. The summed E-state index contributed by atoms with van der Waals surface area (Å²) < 4.78 is 48.7. The first-order valence-corrected chi connectivity index (χ1v) is 11.7. The minimum atomic E-state index is -4.63. The second kappa shape index (κ2) is 9.48. The van der Waals surface area contributed by atoms with E-state index in [-0.39, 0.29) is 17.9 Å². The first kappa shape index (κ1) is 24.2. The average molecular weight is 528 g/mol. The summed E-state index contributed by atoms with van der Waals surface area (Å²) in [4.78, 5) is 4.59. The van der Waals surface area contributed by atoms with E-state index in [0.29, 0.717) is 38.2 Å². The van der Waals surface area contributed by atoms with Gasteiger partial charge in [-0.25, -0.2) is 9.50 Å². The van der Waals surface area contributed by atoms with Crippen LogP contribution in [-0.2, 0) is 12.8 Å². The molecule has 0 atom stereocenters. The Balaban J connectivity index is 1.53. The molecular weight excluding hydrogens is 510 g/mol. The molecule has 0 unspecified atom stereocenters. The van der Waals surface area contributed by atoms with E-state index in [4.69, 9.17) is 27.9 Å². The maximum Gasteiger partial charge on any atom is 0.433 e. The molecule has 9 heteroatoms. The molecule has 0 aliphatic carbocycles. The van der Waals surface area contributed by atoms with Crippen molar-refractivity contribution in [3.8, 4) is 28.1 Å². The molecule has 0 aliphatic rings. The summed E-state index contributed by atoms with van der Waals surface area (Å²) in [7, 11) is 0. The van der Waals surface area contributed by atoms with Crippen LogP contribution in [0.3, 0.4) is 0 Å². The summed E-state index contributed by atoms with van der Waals surface area (Å²) in [5.41, 5.74) is 2.31. The molecule has 0 spiro atoms. The summed E-state index contributed by atoms with van der Waals surface area (Å²) in [6, 6.07) is 22.0. The molecule has 182 valence electrons. The van der Waals surface area contributed by atoms with E-state index in [1.165, 1.54) is 0 Å². The normalized spacial score (nSPS) is 11.7. The van der Waals surface area contributed by atoms with Gasteiger partial charge in [0.25, 0.3) is 0 Å². The molecular formula is C27H18Cl2F3N3O. The minimum absolute atomic E-state index is 0.136. The minimum Gasteiger partial charge on any atom is -0.489 e. The summed E-state index contributed by atoms with van der Waals surface area (Å²) >= 11 is 12.4. The van der Waals surface area contributed by atoms with Crippen LogP contribution in [-0.4, -0.2) is 14.6 Å². The number of benzene rings is 3. The lowest BCUT2D eigenvalue weighted by atomic mass is 10.1. The fraction of sp³-hybridized carbons (Fsp3) is 0.111. The number of hydrogen-bond donors (Lipinski definition) is 0. The molecule has 4 nitrogen and oxygen atoms in total. The van der Waals surface area contributed by atoms with Gasteiger partial charge in [-0.05, 0) is 55.0 Å². The number of fused-ring (bicyclic) bond motifs is 1. The standard InChI is InChI=1S/C27H18Cl2F3N3O/c1-16-25(18-6-3-2-4-7-18)26-33-23(14-24(27(30,31)32)35(26)34-16)17-10-12-19(13-11-17)36-15-20-21(28)8-5-9-22(20)29/h2-14H,15H2,1H3. The van der Waals surface area contributed by atoms with Gasteiger partial charge < -0.3 is 4.74 Å². The number of ether oxygens (including phenoxy) is 1. The van der Waals surface area contributed by atoms with Crippen LogP contribution in [0, 0.1) is 6.92 Å². The van der Waals surface area contributed by atoms with Crippen molar-refractivity contribution in [1.82, 2.24) is 14.6 Å². The van der Waals surface area contributed by atoms with Crippen LogP contribution in [0.15, 0.2) is 78.9 Å². The smallest absolute Gasteiger partial charge is 0.433 e. The van der Waals surface area contributed by atoms with E-state index in [1.54, 1.807) is 49.4 Å². The Morgan fingerprint density at radius 3 is 2.17 bits per heavy atom. The third-order valence-corrected chi connectivity index (χ3v) is 6.42. The van der Waals surface area contributed by atoms with E-state index in [2.05, 4.69) is 10.1 Å². The van der Waals surface area contributed by atoms with Crippen LogP contribution < -0.4 is 4.74 Å². The highest BCUT2D eigenvalue weighted by Gasteiger charge is 2.36. The van der Waals surface area contributed by atoms with Crippen molar-refractivity contribution >= 4 is 28.8 Å². The molecule has 2 heterocycles. The van der Waals surface area contributed by atoms with Crippen molar-refractivity contribution in [3.05, 3.63) is 106 Å². The third kappa shape index (κ3) is 4.64. The van der Waals surface area contributed by atoms with Gasteiger partial charge in [0.05, 0.1) is 11.4 Å². The molecule has 2 aromatic heterocycles. The number of alkyl halides is 3. The molecule has 0 N–H and O–H groups in total.